The second-order valence-corrected chi connectivity index (χ2v) is 3.51. The number of allylic oxidation sites excluding steroid dienone is 1. The lowest BCUT2D eigenvalue weighted by Gasteiger charge is -2.19. The molecule has 0 saturated heterocycles. The lowest BCUT2D eigenvalue weighted by molar-refractivity contribution is -0.149. The van der Waals surface area contributed by atoms with Crippen molar-refractivity contribution in [3.63, 3.8) is 0 Å². The predicted octanol–water partition coefficient (Wildman–Crippen LogP) is 2.09. The number of hydrogen-bond donors (Lipinski definition) is 1. The van der Waals surface area contributed by atoms with Gasteiger partial charge in [-0.05, 0) is 12.0 Å². The molecule has 0 heterocycles. The van der Waals surface area contributed by atoms with E-state index in [0.29, 0.717) is 12.0 Å². The summed E-state index contributed by atoms with van der Waals surface area (Å²) in [5, 5.41) is 10.1. The van der Waals surface area contributed by atoms with E-state index in [9.17, 15) is 9.90 Å². The van der Waals surface area contributed by atoms with Gasteiger partial charge < -0.3 is 9.84 Å². The normalized spacial score (nSPS) is 13.9. The number of carbonyl (C=O) groups is 1. The van der Waals surface area contributed by atoms with E-state index < -0.39 is 18.0 Å². The summed E-state index contributed by atoms with van der Waals surface area (Å²) < 4.78 is 4.66. The standard InChI is InChI=1S/C13H16O3/c1-3-7-11(13(15)16-2)12(14)10-8-5-4-6-9-10/h3-6,8-9,11-12,14H,1,7H2,2H3/t11-,12-/m1/s1. The molecule has 2 atom stereocenters. The molecule has 0 aliphatic rings. The minimum atomic E-state index is -0.855. The summed E-state index contributed by atoms with van der Waals surface area (Å²) >= 11 is 0. The van der Waals surface area contributed by atoms with E-state index in [2.05, 4.69) is 11.3 Å². The summed E-state index contributed by atoms with van der Waals surface area (Å²) in [4.78, 5) is 11.5. The van der Waals surface area contributed by atoms with Gasteiger partial charge in [-0.15, -0.1) is 6.58 Å². The Hall–Kier alpha value is -1.61. The van der Waals surface area contributed by atoms with Crippen LogP contribution in [0.1, 0.15) is 18.1 Å². The molecule has 1 aromatic rings. The smallest absolute Gasteiger partial charge is 0.311 e. The number of aliphatic hydroxyl groups is 1. The Kier molecular flexibility index (Phi) is 4.73. The molecule has 0 bridgehead atoms. The fraction of sp³-hybridized carbons (Fsp3) is 0.308. The maximum Gasteiger partial charge on any atom is 0.311 e. The summed E-state index contributed by atoms with van der Waals surface area (Å²) in [6, 6.07) is 9.06. The highest BCUT2D eigenvalue weighted by atomic mass is 16.5. The summed E-state index contributed by atoms with van der Waals surface area (Å²) in [7, 11) is 1.32. The molecule has 1 rings (SSSR count). The highest BCUT2D eigenvalue weighted by Gasteiger charge is 2.27. The SMILES string of the molecule is C=CC[C@@H](C(=O)OC)[C@H](O)c1ccccc1. The number of rotatable bonds is 5. The van der Waals surface area contributed by atoms with E-state index in [0.717, 1.165) is 0 Å². The van der Waals surface area contributed by atoms with Crippen LogP contribution in [0.25, 0.3) is 0 Å². The fourth-order valence-corrected chi connectivity index (χ4v) is 1.57. The van der Waals surface area contributed by atoms with Crippen LogP contribution in [0.3, 0.4) is 0 Å². The summed E-state index contributed by atoms with van der Waals surface area (Å²) in [5.41, 5.74) is 0.708. The molecule has 0 amide bonds. The second kappa shape index (κ2) is 6.08. The Morgan fingerprint density at radius 1 is 1.50 bits per heavy atom. The largest absolute Gasteiger partial charge is 0.469 e. The third kappa shape index (κ3) is 2.94. The first-order chi connectivity index (χ1) is 7.70. The van der Waals surface area contributed by atoms with Crippen molar-refractivity contribution in [2.75, 3.05) is 7.11 Å². The molecule has 0 aliphatic carbocycles. The summed E-state index contributed by atoms with van der Waals surface area (Å²) in [6.07, 6.45) is 1.14. The monoisotopic (exact) mass is 220 g/mol. The van der Waals surface area contributed by atoms with Crippen molar-refractivity contribution in [3.05, 3.63) is 48.6 Å². The Bertz CT molecular complexity index is 345. The van der Waals surface area contributed by atoms with E-state index in [1.807, 2.05) is 18.2 Å². The minimum absolute atomic E-state index is 0.392. The topological polar surface area (TPSA) is 46.5 Å². The van der Waals surface area contributed by atoms with E-state index in [1.54, 1.807) is 18.2 Å². The third-order valence-corrected chi connectivity index (χ3v) is 2.45. The molecule has 0 spiro atoms. The fourth-order valence-electron chi connectivity index (χ4n) is 1.57. The van der Waals surface area contributed by atoms with Gasteiger partial charge in [0.05, 0.1) is 19.1 Å². The van der Waals surface area contributed by atoms with Crippen LogP contribution in [-0.4, -0.2) is 18.2 Å². The van der Waals surface area contributed by atoms with Crippen molar-refractivity contribution in [1.82, 2.24) is 0 Å². The number of benzene rings is 1. The average Bonchev–Trinajstić information content (AvgIpc) is 2.35. The van der Waals surface area contributed by atoms with Gasteiger partial charge in [0.2, 0.25) is 0 Å². The van der Waals surface area contributed by atoms with E-state index in [1.165, 1.54) is 7.11 Å². The Balaban J connectivity index is 2.86. The zero-order valence-electron chi connectivity index (χ0n) is 9.30. The molecule has 3 nitrogen and oxygen atoms in total. The van der Waals surface area contributed by atoms with Crippen LogP contribution < -0.4 is 0 Å². The van der Waals surface area contributed by atoms with Crippen molar-refractivity contribution < 1.29 is 14.6 Å². The van der Waals surface area contributed by atoms with Gasteiger partial charge in [0.15, 0.2) is 0 Å². The first-order valence-electron chi connectivity index (χ1n) is 5.12. The number of hydrogen-bond acceptors (Lipinski definition) is 3. The Morgan fingerprint density at radius 3 is 2.62 bits per heavy atom. The van der Waals surface area contributed by atoms with Crippen molar-refractivity contribution in [1.29, 1.82) is 0 Å². The molecule has 16 heavy (non-hydrogen) atoms. The highest BCUT2D eigenvalue weighted by molar-refractivity contribution is 5.73. The third-order valence-electron chi connectivity index (χ3n) is 2.45. The van der Waals surface area contributed by atoms with Crippen molar-refractivity contribution in [2.24, 2.45) is 5.92 Å². The zero-order chi connectivity index (χ0) is 12.0. The average molecular weight is 220 g/mol. The predicted molar refractivity (Wildman–Crippen MR) is 61.7 cm³/mol. The molecule has 0 fully saturated rings. The van der Waals surface area contributed by atoms with E-state index >= 15 is 0 Å². The van der Waals surface area contributed by atoms with Crippen molar-refractivity contribution in [2.45, 2.75) is 12.5 Å². The van der Waals surface area contributed by atoms with Crippen LogP contribution in [0.15, 0.2) is 43.0 Å². The lowest BCUT2D eigenvalue weighted by Crippen LogP contribution is -2.23. The van der Waals surface area contributed by atoms with Crippen LogP contribution in [0.2, 0.25) is 0 Å². The molecule has 0 unspecified atom stereocenters. The molecular formula is C13H16O3. The Morgan fingerprint density at radius 2 is 2.12 bits per heavy atom. The number of esters is 1. The zero-order valence-corrected chi connectivity index (χ0v) is 9.30. The van der Waals surface area contributed by atoms with Gasteiger partial charge in [-0.3, -0.25) is 4.79 Å². The molecule has 3 heteroatoms. The Labute approximate surface area is 95.4 Å². The minimum Gasteiger partial charge on any atom is -0.469 e. The molecule has 0 aromatic heterocycles. The van der Waals surface area contributed by atoms with Crippen molar-refractivity contribution in [3.8, 4) is 0 Å². The molecule has 0 radical (unpaired) electrons. The number of aliphatic hydroxyl groups excluding tert-OH is 1. The quantitative estimate of drug-likeness (QED) is 0.610. The number of carbonyl (C=O) groups excluding carboxylic acids is 1. The first-order valence-corrected chi connectivity index (χ1v) is 5.12. The van der Waals surface area contributed by atoms with Crippen LogP contribution in [0.5, 0.6) is 0 Å². The van der Waals surface area contributed by atoms with Crippen LogP contribution in [-0.2, 0) is 9.53 Å². The van der Waals surface area contributed by atoms with E-state index in [4.69, 9.17) is 0 Å². The van der Waals surface area contributed by atoms with Crippen LogP contribution in [0.4, 0.5) is 0 Å². The molecular weight excluding hydrogens is 204 g/mol. The van der Waals surface area contributed by atoms with Gasteiger partial charge in [0, 0.05) is 0 Å². The maximum atomic E-state index is 11.5. The van der Waals surface area contributed by atoms with E-state index in [-0.39, 0.29) is 0 Å². The van der Waals surface area contributed by atoms with Gasteiger partial charge in [-0.2, -0.15) is 0 Å². The first kappa shape index (κ1) is 12.5. The lowest BCUT2D eigenvalue weighted by atomic mass is 9.93. The van der Waals surface area contributed by atoms with Crippen molar-refractivity contribution >= 4 is 5.97 Å². The molecule has 1 aromatic carbocycles. The van der Waals surface area contributed by atoms with Gasteiger partial charge in [-0.1, -0.05) is 36.4 Å². The van der Waals surface area contributed by atoms with Gasteiger partial charge in [0.1, 0.15) is 0 Å². The molecule has 1 N–H and O–H groups in total. The highest BCUT2D eigenvalue weighted by Crippen LogP contribution is 2.25. The maximum absolute atomic E-state index is 11.5. The number of ether oxygens (including phenoxy) is 1. The van der Waals surface area contributed by atoms with Crippen LogP contribution >= 0.6 is 0 Å². The number of methoxy groups -OCH3 is 1. The molecule has 0 aliphatic heterocycles. The van der Waals surface area contributed by atoms with Gasteiger partial charge in [0.25, 0.3) is 0 Å². The molecule has 86 valence electrons. The second-order valence-electron chi connectivity index (χ2n) is 3.51. The van der Waals surface area contributed by atoms with Crippen LogP contribution in [0, 0.1) is 5.92 Å². The summed E-state index contributed by atoms with van der Waals surface area (Å²) in [5.74, 6) is -1.01. The van der Waals surface area contributed by atoms with Gasteiger partial charge >= 0.3 is 5.97 Å². The van der Waals surface area contributed by atoms with Gasteiger partial charge in [-0.25, -0.2) is 0 Å². The summed E-state index contributed by atoms with van der Waals surface area (Å²) in [6.45, 7) is 3.57. The molecule has 0 saturated carbocycles.